The second kappa shape index (κ2) is 18.5. The molecule has 0 unspecified atom stereocenters. The number of hydrogen-bond acceptors (Lipinski definition) is 2. The Bertz CT molecular complexity index is 3570. The molecule has 0 saturated carbocycles. The van der Waals surface area contributed by atoms with Crippen LogP contribution in [0.1, 0.15) is 11.1 Å². The van der Waals surface area contributed by atoms with Gasteiger partial charge in [0.25, 0.3) is 0 Å². The van der Waals surface area contributed by atoms with E-state index in [1.165, 1.54) is 24.3 Å². The molecule has 0 N–H and O–H groups in total. The molecule has 74 heavy (non-hydrogen) atoms. The van der Waals surface area contributed by atoms with Crippen LogP contribution in [0.5, 0.6) is 0 Å². The van der Waals surface area contributed by atoms with Crippen molar-refractivity contribution in [2.75, 3.05) is 9.80 Å². The van der Waals surface area contributed by atoms with E-state index in [1.54, 1.807) is 0 Å². The summed E-state index contributed by atoms with van der Waals surface area (Å²) in [4.78, 5) is 4.06. The number of halogens is 6. The number of anilines is 6. The number of benzene rings is 12. The lowest BCUT2D eigenvalue weighted by atomic mass is 9.91. The summed E-state index contributed by atoms with van der Waals surface area (Å²) in [7, 11) is 0. The van der Waals surface area contributed by atoms with Crippen LogP contribution in [-0.2, 0) is 12.4 Å². The van der Waals surface area contributed by atoms with Crippen molar-refractivity contribution in [2.45, 2.75) is 12.4 Å². The van der Waals surface area contributed by atoms with Gasteiger partial charge in [0.05, 0.1) is 22.5 Å². The van der Waals surface area contributed by atoms with E-state index in [9.17, 15) is 26.3 Å². The molecular formula is C66H42F6N2. The fourth-order valence-corrected chi connectivity index (χ4v) is 10.3. The van der Waals surface area contributed by atoms with Crippen LogP contribution in [0.25, 0.3) is 76.8 Å². The highest BCUT2D eigenvalue weighted by atomic mass is 19.4. The predicted octanol–water partition coefficient (Wildman–Crippen LogP) is 20.2. The van der Waals surface area contributed by atoms with Crippen molar-refractivity contribution < 1.29 is 26.3 Å². The minimum Gasteiger partial charge on any atom is -0.310 e. The van der Waals surface area contributed by atoms with Crippen LogP contribution in [0.4, 0.5) is 60.5 Å². The van der Waals surface area contributed by atoms with Gasteiger partial charge in [0, 0.05) is 33.5 Å². The third-order valence-electron chi connectivity index (χ3n) is 13.8. The summed E-state index contributed by atoms with van der Waals surface area (Å²) >= 11 is 0. The molecular weight excluding hydrogens is 935 g/mol. The van der Waals surface area contributed by atoms with Gasteiger partial charge < -0.3 is 9.80 Å². The van der Waals surface area contributed by atoms with E-state index in [4.69, 9.17) is 0 Å². The van der Waals surface area contributed by atoms with E-state index < -0.39 is 23.5 Å². The first-order valence-electron chi connectivity index (χ1n) is 24.1. The zero-order valence-electron chi connectivity index (χ0n) is 39.4. The van der Waals surface area contributed by atoms with Crippen molar-refractivity contribution in [2.24, 2.45) is 0 Å². The molecule has 0 bridgehead atoms. The number of nitrogens with zero attached hydrogens (tertiary/aromatic N) is 2. The third kappa shape index (κ3) is 8.64. The van der Waals surface area contributed by atoms with Gasteiger partial charge in [-0.05, 0) is 163 Å². The Kier molecular flexibility index (Phi) is 11.5. The Hall–Kier alpha value is -9.14. The molecule has 0 aliphatic heterocycles. The molecule has 0 atom stereocenters. The molecule has 358 valence electrons. The molecule has 8 heteroatoms. The first kappa shape index (κ1) is 46.0. The zero-order chi connectivity index (χ0) is 50.6. The molecule has 0 aromatic heterocycles. The van der Waals surface area contributed by atoms with Crippen molar-refractivity contribution in [1.82, 2.24) is 0 Å². The predicted molar refractivity (Wildman–Crippen MR) is 291 cm³/mol. The van der Waals surface area contributed by atoms with Gasteiger partial charge in [-0.2, -0.15) is 26.3 Å². The van der Waals surface area contributed by atoms with Crippen molar-refractivity contribution >= 4 is 66.4 Å². The summed E-state index contributed by atoms with van der Waals surface area (Å²) in [5, 5.41) is 5.43. The average molecular weight is 977 g/mol. The lowest BCUT2D eigenvalue weighted by Gasteiger charge is -2.30. The summed E-state index contributed by atoms with van der Waals surface area (Å²) < 4.78 is 85.1. The molecule has 12 rings (SSSR count). The van der Waals surface area contributed by atoms with E-state index >= 15 is 0 Å². The van der Waals surface area contributed by atoms with Crippen molar-refractivity contribution in [3.63, 3.8) is 0 Å². The maximum Gasteiger partial charge on any atom is 0.416 e. The Morgan fingerprint density at radius 1 is 0.243 bits per heavy atom. The Morgan fingerprint density at radius 2 is 0.527 bits per heavy atom. The minimum absolute atomic E-state index is 0.527. The summed E-state index contributed by atoms with van der Waals surface area (Å²) in [6, 6.07) is 79.5. The lowest BCUT2D eigenvalue weighted by molar-refractivity contribution is -0.138. The van der Waals surface area contributed by atoms with Crippen LogP contribution in [0.2, 0.25) is 0 Å². The number of rotatable bonds is 10. The fraction of sp³-hybridized carbons (Fsp3) is 0.0303. The normalized spacial score (nSPS) is 11.9. The van der Waals surface area contributed by atoms with Crippen LogP contribution in [0.15, 0.2) is 255 Å². The van der Waals surface area contributed by atoms with E-state index in [1.807, 2.05) is 155 Å². The average Bonchev–Trinajstić information content (AvgIpc) is 3.44. The second-order valence-corrected chi connectivity index (χ2v) is 18.4. The van der Waals surface area contributed by atoms with Gasteiger partial charge in [-0.15, -0.1) is 0 Å². The molecule has 2 nitrogen and oxygen atoms in total. The molecule has 0 aliphatic carbocycles. The summed E-state index contributed by atoms with van der Waals surface area (Å²) in [5.41, 5.74) is 10.1. The molecule has 0 saturated heterocycles. The highest BCUT2D eigenvalue weighted by molar-refractivity contribution is 6.28. The van der Waals surface area contributed by atoms with Crippen molar-refractivity contribution in [1.29, 1.82) is 0 Å². The highest BCUT2D eigenvalue weighted by Gasteiger charge is 2.32. The first-order chi connectivity index (χ1) is 35.9. The monoisotopic (exact) mass is 976 g/mol. The van der Waals surface area contributed by atoms with E-state index in [0.29, 0.717) is 11.4 Å². The summed E-state index contributed by atoms with van der Waals surface area (Å²) in [5.74, 6) is 0. The molecule has 0 amide bonds. The fourth-order valence-electron chi connectivity index (χ4n) is 10.3. The van der Waals surface area contributed by atoms with E-state index in [2.05, 4.69) is 60.7 Å². The Balaban J connectivity index is 1.11. The molecule has 0 heterocycles. The molecule has 0 radical (unpaired) electrons. The van der Waals surface area contributed by atoms with Crippen LogP contribution in [0, 0.1) is 0 Å². The number of alkyl halides is 6. The van der Waals surface area contributed by atoms with Gasteiger partial charge in [0.1, 0.15) is 0 Å². The van der Waals surface area contributed by atoms with Gasteiger partial charge in [-0.1, -0.05) is 158 Å². The standard InChI is InChI=1S/C66H42F6N2/c67-65(68,69)53-25-29-55(30-26-53)73(57-39-49(43-13-5-1-6-14-43)37-50(40-57)44-15-7-2-8-16-44)61-35-23-47-22-34-60-62(36-24-48-21-33-59(61)63(47)64(48)60)74(56-31-27-54(28-32-56)66(70,71)72)58-41-51(45-17-9-3-10-18-45)38-52(42-58)46-19-11-4-12-20-46/h1-42H. The Labute approximate surface area is 423 Å². The minimum atomic E-state index is -4.54. The maximum absolute atomic E-state index is 14.2. The first-order valence-corrected chi connectivity index (χ1v) is 24.1. The quantitative estimate of drug-likeness (QED) is 0.0995. The second-order valence-electron chi connectivity index (χ2n) is 18.4. The molecule has 12 aromatic rings. The molecule has 12 aromatic carbocycles. The van der Waals surface area contributed by atoms with Gasteiger partial charge in [0.15, 0.2) is 0 Å². The molecule has 0 spiro atoms. The van der Waals surface area contributed by atoms with E-state index in [-0.39, 0.29) is 0 Å². The van der Waals surface area contributed by atoms with Crippen molar-refractivity contribution in [3.8, 4) is 44.5 Å². The molecule has 0 aliphatic rings. The van der Waals surface area contributed by atoms with Gasteiger partial charge >= 0.3 is 12.4 Å². The SMILES string of the molecule is FC(F)(F)c1ccc(N(c2cc(-c3ccccc3)cc(-c3ccccc3)c2)c2ccc3ccc4c(N(c5ccc(C(F)(F)F)cc5)c5cc(-c6ccccc6)cc(-c6ccccc6)c5)ccc5ccc2c3c54)cc1. The summed E-state index contributed by atoms with van der Waals surface area (Å²) in [6.45, 7) is 0. The van der Waals surface area contributed by atoms with Crippen LogP contribution in [0.3, 0.4) is 0 Å². The van der Waals surface area contributed by atoms with Gasteiger partial charge in [-0.25, -0.2) is 0 Å². The van der Waals surface area contributed by atoms with Crippen LogP contribution < -0.4 is 9.80 Å². The zero-order valence-corrected chi connectivity index (χ0v) is 39.4. The van der Waals surface area contributed by atoms with Gasteiger partial charge in [0.2, 0.25) is 0 Å². The van der Waals surface area contributed by atoms with Crippen LogP contribution >= 0.6 is 0 Å². The lowest BCUT2D eigenvalue weighted by Crippen LogP contribution is -2.13. The highest BCUT2D eigenvalue weighted by Crippen LogP contribution is 2.50. The topological polar surface area (TPSA) is 6.48 Å². The third-order valence-corrected chi connectivity index (χ3v) is 13.8. The van der Waals surface area contributed by atoms with Crippen molar-refractivity contribution in [3.05, 3.63) is 266 Å². The largest absolute Gasteiger partial charge is 0.416 e. The summed E-state index contributed by atoms with van der Waals surface area (Å²) in [6.07, 6.45) is -9.08. The van der Waals surface area contributed by atoms with Gasteiger partial charge in [-0.3, -0.25) is 0 Å². The number of hydrogen-bond donors (Lipinski definition) is 0. The van der Waals surface area contributed by atoms with Crippen LogP contribution in [-0.4, -0.2) is 0 Å². The maximum atomic E-state index is 14.2. The Morgan fingerprint density at radius 3 is 0.811 bits per heavy atom. The van der Waals surface area contributed by atoms with E-state index in [0.717, 1.165) is 124 Å². The smallest absolute Gasteiger partial charge is 0.310 e. The molecule has 0 fully saturated rings.